The number of hydrogen-bond acceptors (Lipinski definition) is 6. The number of thiocarbonyl (C=S) groups is 1. The Bertz CT molecular complexity index is 1190. The zero-order chi connectivity index (χ0) is 23.4. The Labute approximate surface area is 200 Å². The summed E-state index contributed by atoms with van der Waals surface area (Å²) >= 11 is 11.1. The van der Waals surface area contributed by atoms with Gasteiger partial charge in [-0.25, -0.2) is 0 Å². The van der Waals surface area contributed by atoms with E-state index in [0.717, 1.165) is 31.5 Å². The standard InChI is InChI=1S/C23H21ClN4O4S/c24-17-6-3-15(4-7-17)21-10-8-18(32-21)14-25-23(33)26-22(29)16-5-9-19(20(13-16)28(30)31)27-11-1-2-12-27/h3-10,13H,1-2,11-12,14H2,(H2,25,26,29,33). The average molecular weight is 485 g/mol. The third-order valence-corrected chi connectivity index (χ3v) is 5.82. The zero-order valence-electron chi connectivity index (χ0n) is 17.5. The van der Waals surface area contributed by atoms with Crippen molar-refractivity contribution in [3.05, 3.63) is 81.1 Å². The Morgan fingerprint density at radius 3 is 2.55 bits per heavy atom. The van der Waals surface area contributed by atoms with Crippen molar-refractivity contribution in [3.63, 3.8) is 0 Å². The van der Waals surface area contributed by atoms with Crippen molar-refractivity contribution >= 4 is 46.2 Å². The van der Waals surface area contributed by atoms with E-state index in [1.54, 1.807) is 24.3 Å². The first kappa shape index (κ1) is 22.8. The molecular formula is C23H21ClN4O4S. The molecule has 0 spiro atoms. The van der Waals surface area contributed by atoms with Crippen molar-refractivity contribution in [2.24, 2.45) is 0 Å². The lowest BCUT2D eigenvalue weighted by Gasteiger charge is -2.18. The Balaban J connectivity index is 1.36. The van der Waals surface area contributed by atoms with Crippen LogP contribution in [0.4, 0.5) is 11.4 Å². The van der Waals surface area contributed by atoms with Crippen LogP contribution in [0.25, 0.3) is 11.3 Å². The molecule has 170 valence electrons. The van der Waals surface area contributed by atoms with E-state index in [1.165, 1.54) is 6.07 Å². The van der Waals surface area contributed by atoms with Crippen LogP contribution < -0.4 is 15.5 Å². The van der Waals surface area contributed by atoms with Crippen molar-refractivity contribution in [1.29, 1.82) is 0 Å². The lowest BCUT2D eigenvalue weighted by molar-refractivity contribution is -0.384. The van der Waals surface area contributed by atoms with E-state index in [0.29, 0.717) is 22.2 Å². The van der Waals surface area contributed by atoms with Gasteiger partial charge in [0.25, 0.3) is 11.6 Å². The van der Waals surface area contributed by atoms with Crippen LogP contribution in [0.2, 0.25) is 5.02 Å². The lowest BCUT2D eigenvalue weighted by Crippen LogP contribution is -2.38. The van der Waals surface area contributed by atoms with Gasteiger partial charge < -0.3 is 14.6 Å². The number of nitrogens with zero attached hydrogens (tertiary/aromatic N) is 2. The highest BCUT2D eigenvalue weighted by atomic mass is 35.5. The molecule has 1 fully saturated rings. The number of hydrogen-bond donors (Lipinski definition) is 2. The molecule has 0 radical (unpaired) electrons. The first-order chi connectivity index (χ1) is 15.9. The smallest absolute Gasteiger partial charge is 0.293 e. The number of nitro groups is 1. The quantitative estimate of drug-likeness (QED) is 0.291. The van der Waals surface area contributed by atoms with E-state index in [9.17, 15) is 14.9 Å². The number of amides is 1. The van der Waals surface area contributed by atoms with Crippen LogP contribution in [0.3, 0.4) is 0 Å². The maximum absolute atomic E-state index is 12.6. The fourth-order valence-corrected chi connectivity index (χ4v) is 3.96. The molecule has 33 heavy (non-hydrogen) atoms. The topological polar surface area (TPSA) is 101 Å². The molecule has 2 N–H and O–H groups in total. The predicted octanol–water partition coefficient (Wildman–Crippen LogP) is 4.91. The third-order valence-electron chi connectivity index (χ3n) is 5.32. The van der Waals surface area contributed by atoms with Crippen LogP contribution >= 0.6 is 23.8 Å². The molecule has 4 rings (SSSR count). The normalized spacial score (nSPS) is 13.1. The van der Waals surface area contributed by atoms with E-state index < -0.39 is 10.8 Å². The minimum atomic E-state index is -0.523. The van der Waals surface area contributed by atoms with Gasteiger partial charge in [0.1, 0.15) is 17.2 Å². The lowest BCUT2D eigenvalue weighted by atomic mass is 10.1. The number of furan rings is 1. The fourth-order valence-electron chi connectivity index (χ4n) is 3.67. The van der Waals surface area contributed by atoms with Gasteiger partial charge in [-0.3, -0.25) is 20.2 Å². The molecule has 1 saturated heterocycles. The number of nitro benzene ring substituents is 1. The van der Waals surface area contributed by atoms with Crippen LogP contribution in [0, 0.1) is 10.1 Å². The van der Waals surface area contributed by atoms with Gasteiger partial charge in [-0.05, 0) is 73.6 Å². The minimum Gasteiger partial charge on any atom is -0.459 e. The van der Waals surface area contributed by atoms with Crippen molar-refractivity contribution in [1.82, 2.24) is 10.6 Å². The Hall–Kier alpha value is -3.43. The largest absolute Gasteiger partial charge is 0.459 e. The average Bonchev–Trinajstić information content (AvgIpc) is 3.50. The van der Waals surface area contributed by atoms with Crippen LogP contribution in [0.1, 0.15) is 29.0 Å². The fraction of sp³-hybridized carbons (Fsp3) is 0.217. The van der Waals surface area contributed by atoms with Crippen LogP contribution in [0.5, 0.6) is 0 Å². The number of nitrogens with one attached hydrogen (secondary N) is 2. The van der Waals surface area contributed by atoms with Gasteiger partial charge in [0.05, 0.1) is 11.5 Å². The maximum Gasteiger partial charge on any atom is 0.293 e. The second kappa shape index (κ2) is 10.0. The number of rotatable bonds is 6. The highest BCUT2D eigenvalue weighted by Gasteiger charge is 2.24. The summed E-state index contributed by atoms with van der Waals surface area (Å²) in [4.78, 5) is 25.6. The Morgan fingerprint density at radius 2 is 1.85 bits per heavy atom. The molecule has 1 amide bonds. The highest BCUT2D eigenvalue weighted by molar-refractivity contribution is 7.80. The summed E-state index contributed by atoms with van der Waals surface area (Å²) in [6, 6.07) is 15.4. The van der Waals surface area contributed by atoms with Gasteiger partial charge in [-0.1, -0.05) is 11.6 Å². The Morgan fingerprint density at radius 1 is 1.12 bits per heavy atom. The molecule has 2 heterocycles. The van der Waals surface area contributed by atoms with Crippen LogP contribution in [-0.4, -0.2) is 29.0 Å². The second-order valence-electron chi connectivity index (χ2n) is 7.56. The van der Waals surface area contributed by atoms with Gasteiger partial charge in [0, 0.05) is 35.3 Å². The molecule has 0 aliphatic carbocycles. The summed E-state index contributed by atoms with van der Waals surface area (Å²) in [6.07, 6.45) is 1.99. The SMILES string of the molecule is O=C(NC(=S)NCc1ccc(-c2ccc(Cl)cc2)o1)c1ccc(N2CCCC2)c([N+](=O)[O-])c1. The van der Waals surface area contributed by atoms with Gasteiger partial charge in [-0.15, -0.1) is 0 Å². The molecule has 3 aromatic rings. The first-order valence-corrected chi connectivity index (χ1v) is 11.2. The molecular weight excluding hydrogens is 464 g/mol. The number of halogens is 1. The van der Waals surface area contributed by atoms with Gasteiger partial charge in [0.2, 0.25) is 0 Å². The summed E-state index contributed by atoms with van der Waals surface area (Å²) in [5.41, 5.74) is 1.50. The van der Waals surface area contributed by atoms with Gasteiger partial charge in [0.15, 0.2) is 5.11 Å². The number of anilines is 1. The van der Waals surface area contributed by atoms with Crippen molar-refractivity contribution in [2.45, 2.75) is 19.4 Å². The number of carbonyl (C=O) groups excluding carboxylic acids is 1. The number of benzene rings is 2. The minimum absolute atomic E-state index is 0.0891. The van der Waals surface area contributed by atoms with Crippen molar-refractivity contribution in [3.8, 4) is 11.3 Å². The second-order valence-corrected chi connectivity index (χ2v) is 8.41. The molecule has 1 aliphatic rings. The third kappa shape index (κ3) is 5.50. The summed E-state index contributed by atoms with van der Waals surface area (Å²) in [7, 11) is 0. The molecule has 2 aromatic carbocycles. The number of carbonyl (C=O) groups is 1. The highest BCUT2D eigenvalue weighted by Crippen LogP contribution is 2.31. The van der Waals surface area contributed by atoms with E-state index in [1.807, 2.05) is 29.2 Å². The summed E-state index contributed by atoms with van der Waals surface area (Å²) < 4.78 is 5.80. The van der Waals surface area contributed by atoms with Crippen molar-refractivity contribution in [2.75, 3.05) is 18.0 Å². The van der Waals surface area contributed by atoms with E-state index in [-0.39, 0.29) is 22.9 Å². The first-order valence-electron chi connectivity index (χ1n) is 10.4. The summed E-state index contributed by atoms with van der Waals surface area (Å²) in [5, 5.41) is 17.7. The van der Waals surface area contributed by atoms with Gasteiger partial charge >= 0.3 is 0 Å². The molecule has 0 bridgehead atoms. The summed E-state index contributed by atoms with van der Waals surface area (Å²) in [5.74, 6) is 0.788. The van der Waals surface area contributed by atoms with Crippen molar-refractivity contribution < 1.29 is 14.1 Å². The molecule has 10 heteroatoms. The molecule has 8 nitrogen and oxygen atoms in total. The molecule has 0 saturated carbocycles. The van der Waals surface area contributed by atoms with E-state index in [4.69, 9.17) is 28.2 Å². The molecule has 1 aliphatic heterocycles. The molecule has 1 aromatic heterocycles. The van der Waals surface area contributed by atoms with E-state index >= 15 is 0 Å². The van der Waals surface area contributed by atoms with E-state index in [2.05, 4.69) is 10.6 Å². The monoisotopic (exact) mass is 484 g/mol. The van der Waals surface area contributed by atoms with Crippen LogP contribution in [-0.2, 0) is 6.54 Å². The molecule has 0 atom stereocenters. The van der Waals surface area contributed by atoms with Crippen LogP contribution in [0.15, 0.2) is 59.0 Å². The predicted molar refractivity (Wildman–Crippen MR) is 131 cm³/mol. The zero-order valence-corrected chi connectivity index (χ0v) is 19.1. The molecule has 0 unspecified atom stereocenters. The summed E-state index contributed by atoms with van der Waals surface area (Å²) in [6.45, 7) is 1.81. The maximum atomic E-state index is 12.6. The Kier molecular flexibility index (Phi) is 6.90. The van der Waals surface area contributed by atoms with Gasteiger partial charge in [-0.2, -0.15) is 0 Å².